The summed E-state index contributed by atoms with van der Waals surface area (Å²) in [6.45, 7) is 0.781. The Morgan fingerprint density at radius 2 is 2.40 bits per heavy atom. The van der Waals surface area contributed by atoms with E-state index in [0.29, 0.717) is 11.5 Å². The van der Waals surface area contributed by atoms with E-state index in [4.69, 9.17) is 0 Å². The van der Waals surface area contributed by atoms with Gasteiger partial charge in [-0.3, -0.25) is 0 Å². The Kier molecular flexibility index (Phi) is 3.43. The quantitative estimate of drug-likeness (QED) is 0.876. The van der Waals surface area contributed by atoms with Gasteiger partial charge < -0.3 is 5.32 Å². The first kappa shape index (κ1) is 11.1. The van der Waals surface area contributed by atoms with Crippen LogP contribution in [-0.4, -0.2) is 26.0 Å². The lowest BCUT2D eigenvalue weighted by atomic mass is 10.2. The van der Waals surface area contributed by atoms with Crippen molar-refractivity contribution >= 4 is 21.2 Å². The first-order chi connectivity index (χ1) is 7.16. The van der Waals surface area contributed by atoms with Crippen LogP contribution in [0.2, 0.25) is 0 Å². The van der Waals surface area contributed by atoms with Crippen LogP contribution >= 0.6 is 11.3 Å². The van der Waals surface area contributed by atoms with Crippen LogP contribution in [0.3, 0.4) is 0 Å². The Balaban J connectivity index is 1.85. The highest BCUT2D eigenvalue weighted by atomic mass is 32.2. The first-order valence-electron chi connectivity index (χ1n) is 5.11. The van der Waals surface area contributed by atoms with Gasteiger partial charge in [-0.1, -0.05) is 0 Å². The molecule has 0 bridgehead atoms. The monoisotopic (exact) mass is 245 g/mol. The van der Waals surface area contributed by atoms with E-state index in [1.54, 1.807) is 11.3 Å². The van der Waals surface area contributed by atoms with E-state index < -0.39 is 9.84 Å². The van der Waals surface area contributed by atoms with Gasteiger partial charge in [0.15, 0.2) is 9.84 Å². The summed E-state index contributed by atoms with van der Waals surface area (Å²) in [7, 11) is -2.78. The van der Waals surface area contributed by atoms with E-state index in [9.17, 15) is 8.42 Å². The molecule has 2 heterocycles. The van der Waals surface area contributed by atoms with Crippen LogP contribution in [0.25, 0.3) is 0 Å². The third-order valence-corrected chi connectivity index (χ3v) is 5.19. The first-order valence-corrected chi connectivity index (χ1v) is 7.87. The highest BCUT2D eigenvalue weighted by Gasteiger charge is 2.23. The number of rotatable bonds is 3. The number of nitrogens with one attached hydrogen (secondary N) is 1. The lowest BCUT2D eigenvalue weighted by molar-refractivity contribution is 0.480. The van der Waals surface area contributed by atoms with Gasteiger partial charge in [0.2, 0.25) is 0 Å². The van der Waals surface area contributed by atoms with Gasteiger partial charge in [-0.05, 0) is 35.2 Å². The molecule has 0 amide bonds. The zero-order valence-electron chi connectivity index (χ0n) is 8.48. The van der Waals surface area contributed by atoms with Gasteiger partial charge in [-0.15, -0.1) is 0 Å². The molecule has 84 valence electrons. The summed E-state index contributed by atoms with van der Waals surface area (Å²) >= 11 is 1.67. The summed E-state index contributed by atoms with van der Waals surface area (Å²) in [5.74, 6) is 0.667. The van der Waals surface area contributed by atoms with Gasteiger partial charge in [-0.25, -0.2) is 8.42 Å². The molecule has 0 spiro atoms. The lowest BCUT2D eigenvalue weighted by Gasteiger charge is -2.22. The van der Waals surface area contributed by atoms with Crippen molar-refractivity contribution in [2.24, 2.45) is 0 Å². The molecule has 1 aromatic heterocycles. The number of sulfone groups is 1. The number of thiophene rings is 1. The molecule has 0 aliphatic carbocycles. The minimum Gasteiger partial charge on any atom is -0.309 e. The Bertz CT molecular complexity index is 397. The van der Waals surface area contributed by atoms with Crippen molar-refractivity contribution in [1.82, 2.24) is 5.32 Å². The molecule has 1 unspecified atom stereocenters. The Labute approximate surface area is 94.4 Å². The van der Waals surface area contributed by atoms with Crippen LogP contribution in [0.5, 0.6) is 0 Å². The van der Waals surface area contributed by atoms with E-state index in [2.05, 4.69) is 16.8 Å². The third-order valence-electron chi connectivity index (χ3n) is 2.64. The second kappa shape index (κ2) is 4.63. The van der Waals surface area contributed by atoms with E-state index in [0.717, 1.165) is 19.4 Å². The zero-order chi connectivity index (χ0) is 10.7. The van der Waals surface area contributed by atoms with Crippen LogP contribution < -0.4 is 5.32 Å². The van der Waals surface area contributed by atoms with Crippen LogP contribution in [0.15, 0.2) is 16.8 Å². The molecule has 0 aromatic carbocycles. The maximum Gasteiger partial charge on any atom is 0.151 e. The van der Waals surface area contributed by atoms with Crippen molar-refractivity contribution in [3.8, 4) is 0 Å². The molecule has 2 rings (SSSR count). The maximum absolute atomic E-state index is 11.4. The summed E-state index contributed by atoms with van der Waals surface area (Å²) in [6, 6.07) is 2.21. The van der Waals surface area contributed by atoms with Crippen molar-refractivity contribution in [1.29, 1.82) is 0 Å². The minimum absolute atomic E-state index is 0.142. The molecular weight excluding hydrogens is 230 g/mol. The Morgan fingerprint density at radius 1 is 1.53 bits per heavy atom. The molecule has 1 N–H and O–H groups in total. The fourth-order valence-electron chi connectivity index (χ4n) is 1.84. The van der Waals surface area contributed by atoms with Gasteiger partial charge in [0.1, 0.15) is 0 Å². The molecule has 1 saturated heterocycles. The van der Waals surface area contributed by atoms with Crippen LogP contribution in [0, 0.1) is 0 Å². The van der Waals surface area contributed by atoms with Crippen molar-refractivity contribution < 1.29 is 8.42 Å². The van der Waals surface area contributed by atoms with Crippen LogP contribution in [0.4, 0.5) is 0 Å². The molecule has 1 fully saturated rings. The van der Waals surface area contributed by atoms with E-state index in [1.807, 2.05) is 5.38 Å². The molecule has 0 saturated carbocycles. The molecule has 1 aliphatic rings. The fourth-order valence-corrected chi connectivity index (χ4v) is 4.18. The van der Waals surface area contributed by atoms with Crippen molar-refractivity contribution in [2.75, 3.05) is 11.5 Å². The van der Waals surface area contributed by atoms with E-state index >= 15 is 0 Å². The molecule has 1 aromatic rings. The van der Waals surface area contributed by atoms with Gasteiger partial charge in [0.05, 0.1) is 11.5 Å². The average molecular weight is 245 g/mol. The van der Waals surface area contributed by atoms with Gasteiger partial charge in [-0.2, -0.15) is 11.3 Å². The fraction of sp³-hybridized carbons (Fsp3) is 0.600. The summed E-state index contributed by atoms with van der Waals surface area (Å²) in [5, 5.41) is 7.43. The number of hydrogen-bond acceptors (Lipinski definition) is 4. The van der Waals surface area contributed by atoms with E-state index in [-0.39, 0.29) is 6.04 Å². The highest BCUT2D eigenvalue weighted by Crippen LogP contribution is 2.13. The smallest absolute Gasteiger partial charge is 0.151 e. The van der Waals surface area contributed by atoms with Crippen LogP contribution in [0.1, 0.15) is 18.4 Å². The minimum atomic E-state index is -2.78. The molecule has 1 atom stereocenters. The molecular formula is C10H15NO2S2. The summed E-state index contributed by atoms with van der Waals surface area (Å²) in [6.07, 6.45) is 1.77. The lowest BCUT2D eigenvalue weighted by Crippen LogP contribution is -2.39. The molecule has 15 heavy (non-hydrogen) atoms. The van der Waals surface area contributed by atoms with Crippen molar-refractivity contribution in [3.63, 3.8) is 0 Å². The standard InChI is InChI=1S/C10H15NO2S2/c12-15(13)5-1-2-10(8-15)11-6-9-3-4-14-7-9/h3-4,7,10-11H,1-2,5-6,8H2. The normalized spacial score (nSPS) is 25.2. The average Bonchev–Trinajstić information content (AvgIpc) is 2.65. The molecule has 1 aliphatic heterocycles. The van der Waals surface area contributed by atoms with E-state index in [1.165, 1.54) is 5.56 Å². The zero-order valence-corrected chi connectivity index (χ0v) is 10.1. The Hall–Kier alpha value is -0.390. The predicted octanol–water partition coefficient (Wildman–Crippen LogP) is 1.41. The summed E-state index contributed by atoms with van der Waals surface area (Å²) < 4.78 is 22.8. The molecule has 0 radical (unpaired) electrons. The third kappa shape index (κ3) is 3.29. The van der Waals surface area contributed by atoms with Gasteiger partial charge >= 0.3 is 0 Å². The van der Waals surface area contributed by atoms with Gasteiger partial charge in [0, 0.05) is 12.6 Å². The topological polar surface area (TPSA) is 46.2 Å². The summed E-state index contributed by atoms with van der Waals surface area (Å²) in [5.41, 5.74) is 1.24. The van der Waals surface area contributed by atoms with Crippen molar-refractivity contribution in [3.05, 3.63) is 22.4 Å². The highest BCUT2D eigenvalue weighted by molar-refractivity contribution is 7.91. The Morgan fingerprint density at radius 3 is 3.07 bits per heavy atom. The SMILES string of the molecule is O=S1(=O)CCCC(NCc2ccsc2)C1. The maximum atomic E-state index is 11.4. The van der Waals surface area contributed by atoms with Crippen LogP contribution in [-0.2, 0) is 16.4 Å². The summed E-state index contributed by atoms with van der Waals surface area (Å²) in [4.78, 5) is 0. The predicted molar refractivity (Wildman–Crippen MR) is 62.8 cm³/mol. The van der Waals surface area contributed by atoms with Gasteiger partial charge in [0.25, 0.3) is 0 Å². The second-order valence-electron chi connectivity index (χ2n) is 3.97. The van der Waals surface area contributed by atoms with Crippen molar-refractivity contribution in [2.45, 2.75) is 25.4 Å². The largest absolute Gasteiger partial charge is 0.309 e. The number of hydrogen-bond donors (Lipinski definition) is 1. The second-order valence-corrected chi connectivity index (χ2v) is 6.97. The molecule has 5 heteroatoms. The molecule has 3 nitrogen and oxygen atoms in total.